The van der Waals surface area contributed by atoms with Gasteiger partial charge in [0, 0.05) is 19.7 Å². The highest BCUT2D eigenvalue weighted by atomic mass is 16.7. The van der Waals surface area contributed by atoms with Crippen LogP contribution in [-0.2, 0) is 19.2 Å². The molecule has 0 aromatic heterocycles. The molecule has 0 radical (unpaired) electrons. The Morgan fingerprint density at radius 3 is 2.42 bits per heavy atom. The number of rotatable bonds is 5. The first-order chi connectivity index (χ1) is 14.9. The van der Waals surface area contributed by atoms with Crippen LogP contribution < -0.4 is 0 Å². The molecule has 1 unspecified atom stereocenters. The normalized spacial score (nSPS) is 24.5. The Bertz CT molecular complexity index is 844. The fourth-order valence-electron chi connectivity index (χ4n) is 5.28. The van der Waals surface area contributed by atoms with Gasteiger partial charge in [0.05, 0.1) is 18.8 Å². The van der Waals surface area contributed by atoms with Gasteiger partial charge in [-0.2, -0.15) is 5.06 Å². The third-order valence-corrected chi connectivity index (χ3v) is 6.86. The van der Waals surface area contributed by atoms with Gasteiger partial charge in [-0.15, -0.1) is 0 Å². The van der Waals surface area contributed by atoms with Crippen LogP contribution in [0, 0.1) is 20.8 Å². The Labute approximate surface area is 184 Å². The van der Waals surface area contributed by atoms with Gasteiger partial charge in [0.1, 0.15) is 17.9 Å². The third-order valence-electron chi connectivity index (χ3n) is 6.86. The summed E-state index contributed by atoms with van der Waals surface area (Å²) in [6.07, 6.45) is 4.15. The molecule has 7 heteroatoms. The molecule has 0 saturated carbocycles. The van der Waals surface area contributed by atoms with Crippen molar-refractivity contribution >= 4 is 11.5 Å². The molecule has 1 atom stereocenters. The molecular weight excluding hydrogens is 396 g/mol. The van der Waals surface area contributed by atoms with E-state index in [4.69, 9.17) is 14.4 Å². The highest BCUT2D eigenvalue weighted by Crippen LogP contribution is 2.46. The predicted octanol–water partition coefficient (Wildman–Crippen LogP) is 3.62. The fourth-order valence-corrected chi connectivity index (χ4v) is 5.28. The van der Waals surface area contributed by atoms with Crippen LogP contribution in [0.25, 0.3) is 5.57 Å². The number of nitrogens with zero attached hydrogens (tertiary/aromatic N) is 2. The maximum atomic E-state index is 13.7. The van der Waals surface area contributed by atoms with E-state index in [9.17, 15) is 9.90 Å². The van der Waals surface area contributed by atoms with Crippen LogP contribution >= 0.6 is 0 Å². The van der Waals surface area contributed by atoms with Crippen molar-refractivity contribution in [1.82, 2.24) is 10.1 Å². The number of hydroxylamine groups is 4. The molecule has 1 spiro atoms. The molecule has 2 fully saturated rings. The van der Waals surface area contributed by atoms with Crippen molar-refractivity contribution in [2.45, 2.75) is 64.5 Å². The lowest BCUT2D eigenvalue weighted by Gasteiger charge is -2.43. The van der Waals surface area contributed by atoms with Gasteiger partial charge in [0.25, 0.3) is 5.91 Å². The van der Waals surface area contributed by atoms with Gasteiger partial charge in [0.15, 0.2) is 0 Å². The molecule has 1 aromatic rings. The minimum Gasteiger partial charge on any atom is -0.509 e. The van der Waals surface area contributed by atoms with Gasteiger partial charge in [0.2, 0.25) is 0 Å². The molecule has 3 aliphatic rings. The second-order valence-corrected chi connectivity index (χ2v) is 9.02. The lowest BCUT2D eigenvalue weighted by atomic mass is 9.85. The Hall–Kier alpha value is -1.93. The summed E-state index contributed by atoms with van der Waals surface area (Å²) in [4.78, 5) is 25.2. The zero-order valence-corrected chi connectivity index (χ0v) is 19.1. The van der Waals surface area contributed by atoms with Crippen molar-refractivity contribution in [2.24, 2.45) is 0 Å². The van der Waals surface area contributed by atoms with Gasteiger partial charge >= 0.3 is 0 Å². The number of hydrogen-bond acceptors (Lipinski definition) is 6. The molecular formula is C24H34N2O5. The highest BCUT2D eigenvalue weighted by molar-refractivity contribution is 6.23. The average molecular weight is 431 g/mol. The number of amides is 1. The first-order valence-corrected chi connectivity index (χ1v) is 11.3. The number of benzene rings is 1. The molecule has 4 rings (SSSR count). The van der Waals surface area contributed by atoms with Crippen molar-refractivity contribution in [3.8, 4) is 0 Å². The maximum Gasteiger partial charge on any atom is 0.282 e. The number of carbonyl (C=O) groups is 1. The molecule has 3 aliphatic heterocycles. The van der Waals surface area contributed by atoms with Crippen LogP contribution in [0.4, 0.5) is 0 Å². The molecule has 1 amide bonds. The summed E-state index contributed by atoms with van der Waals surface area (Å²) in [6.45, 7) is 8.26. The molecule has 0 aliphatic carbocycles. The van der Waals surface area contributed by atoms with Crippen LogP contribution in [0.5, 0.6) is 0 Å². The molecule has 1 aromatic carbocycles. The predicted molar refractivity (Wildman–Crippen MR) is 117 cm³/mol. The standard InChI is InChI=1S/C24H34N2O5/c1-16-13-17(2)20(18(3)14-16)21-22(27)24(8-10-25(29-4)11-9-24)26(23(21)28)31-15-19-7-5-6-12-30-19/h13-14,19,27H,5-12,15H2,1-4H3. The van der Waals surface area contributed by atoms with E-state index in [0.717, 1.165) is 48.1 Å². The van der Waals surface area contributed by atoms with Crippen molar-refractivity contribution in [1.29, 1.82) is 0 Å². The quantitative estimate of drug-likeness (QED) is 0.769. The van der Waals surface area contributed by atoms with Crippen molar-refractivity contribution < 1.29 is 24.3 Å². The smallest absolute Gasteiger partial charge is 0.282 e. The van der Waals surface area contributed by atoms with Crippen molar-refractivity contribution in [3.63, 3.8) is 0 Å². The maximum absolute atomic E-state index is 13.7. The summed E-state index contributed by atoms with van der Waals surface area (Å²) >= 11 is 0. The number of aryl methyl sites for hydroxylation is 3. The summed E-state index contributed by atoms with van der Waals surface area (Å²) in [5, 5.41) is 14.8. The van der Waals surface area contributed by atoms with Gasteiger partial charge in [-0.3, -0.25) is 9.63 Å². The molecule has 170 valence electrons. The molecule has 31 heavy (non-hydrogen) atoms. The first kappa shape index (κ1) is 22.3. The van der Waals surface area contributed by atoms with E-state index in [2.05, 4.69) is 12.1 Å². The minimum absolute atomic E-state index is 0.0216. The average Bonchev–Trinajstić information content (AvgIpc) is 2.94. The fraction of sp³-hybridized carbons (Fsp3) is 0.625. The molecule has 2 saturated heterocycles. The SMILES string of the molecule is CON1CCC2(CC1)C(O)=C(c1c(C)cc(C)cc1C)C(=O)N2OCC1CCCCO1. The lowest BCUT2D eigenvalue weighted by Crippen LogP contribution is -2.55. The van der Waals surface area contributed by atoms with Crippen LogP contribution in [0.15, 0.2) is 17.9 Å². The van der Waals surface area contributed by atoms with E-state index in [0.29, 0.717) is 38.1 Å². The second-order valence-electron chi connectivity index (χ2n) is 9.02. The number of piperidine rings is 1. The summed E-state index contributed by atoms with van der Waals surface area (Å²) in [7, 11) is 1.65. The van der Waals surface area contributed by atoms with Gasteiger partial charge < -0.3 is 14.7 Å². The molecule has 7 nitrogen and oxygen atoms in total. The van der Waals surface area contributed by atoms with E-state index < -0.39 is 5.54 Å². The van der Waals surface area contributed by atoms with Crippen molar-refractivity contribution in [2.75, 3.05) is 33.4 Å². The van der Waals surface area contributed by atoms with E-state index >= 15 is 0 Å². The molecule has 0 bridgehead atoms. The Morgan fingerprint density at radius 1 is 1.16 bits per heavy atom. The number of hydrogen-bond donors (Lipinski definition) is 1. The van der Waals surface area contributed by atoms with Crippen LogP contribution in [0.1, 0.15) is 54.4 Å². The molecule has 3 heterocycles. The van der Waals surface area contributed by atoms with E-state index in [1.165, 1.54) is 5.06 Å². The number of ether oxygens (including phenoxy) is 1. The summed E-state index contributed by atoms with van der Waals surface area (Å²) in [6, 6.07) is 4.10. The van der Waals surface area contributed by atoms with Crippen LogP contribution in [0.2, 0.25) is 0 Å². The van der Waals surface area contributed by atoms with Crippen molar-refractivity contribution in [3.05, 3.63) is 40.1 Å². The third kappa shape index (κ3) is 4.00. The summed E-state index contributed by atoms with van der Waals surface area (Å²) in [5.41, 5.74) is 3.39. The number of aliphatic hydroxyl groups is 1. The van der Waals surface area contributed by atoms with Gasteiger partial charge in [-0.25, -0.2) is 5.06 Å². The van der Waals surface area contributed by atoms with Gasteiger partial charge in [-0.05, 0) is 69.6 Å². The first-order valence-electron chi connectivity index (χ1n) is 11.3. The zero-order chi connectivity index (χ0) is 22.2. The Kier molecular flexibility index (Phi) is 6.40. The minimum atomic E-state index is -0.875. The van der Waals surface area contributed by atoms with Gasteiger partial charge in [-0.1, -0.05) is 17.7 Å². The Balaban J connectivity index is 1.69. The second kappa shape index (κ2) is 8.90. The van der Waals surface area contributed by atoms with Crippen LogP contribution in [0.3, 0.4) is 0 Å². The summed E-state index contributed by atoms with van der Waals surface area (Å²) in [5.74, 6) is -0.151. The topological polar surface area (TPSA) is 71.5 Å². The summed E-state index contributed by atoms with van der Waals surface area (Å²) < 4.78 is 5.81. The zero-order valence-electron chi connectivity index (χ0n) is 19.1. The van der Waals surface area contributed by atoms with E-state index in [1.54, 1.807) is 7.11 Å². The monoisotopic (exact) mass is 430 g/mol. The lowest BCUT2D eigenvalue weighted by molar-refractivity contribution is -0.243. The van der Waals surface area contributed by atoms with Crippen LogP contribution in [-0.4, -0.2) is 66.2 Å². The molecule has 1 N–H and O–H groups in total. The van der Waals surface area contributed by atoms with E-state index in [-0.39, 0.29) is 17.8 Å². The van der Waals surface area contributed by atoms with E-state index in [1.807, 2.05) is 25.8 Å². The Morgan fingerprint density at radius 2 is 1.84 bits per heavy atom. The largest absolute Gasteiger partial charge is 0.509 e. The number of carbonyl (C=O) groups excluding carboxylic acids is 1. The number of aliphatic hydroxyl groups excluding tert-OH is 1. The highest BCUT2D eigenvalue weighted by Gasteiger charge is 2.55.